The van der Waals surface area contributed by atoms with Crippen LogP contribution < -0.4 is 15.4 Å². The zero-order chi connectivity index (χ0) is 17.5. The summed E-state index contributed by atoms with van der Waals surface area (Å²) in [5.41, 5.74) is 1.86. The fraction of sp³-hybridized carbons (Fsp3) is 0.474. The third-order valence-electron chi connectivity index (χ3n) is 3.36. The van der Waals surface area contributed by atoms with Crippen molar-refractivity contribution in [1.29, 1.82) is 0 Å². The Morgan fingerprint density at radius 3 is 2.38 bits per heavy atom. The summed E-state index contributed by atoms with van der Waals surface area (Å²) in [5.74, 6) is 2.98. The maximum Gasteiger partial charge on any atom is 0.229 e. The van der Waals surface area contributed by atoms with Crippen molar-refractivity contribution in [3.8, 4) is 5.75 Å². The van der Waals surface area contributed by atoms with E-state index in [-0.39, 0.29) is 6.10 Å². The lowest BCUT2D eigenvalue weighted by Crippen LogP contribution is -2.08. The van der Waals surface area contributed by atoms with Crippen molar-refractivity contribution in [2.75, 3.05) is 17.2 Å². The van der Waals surface area contributed by atoms with Gasteiger partial charge in [-0.05, 0) is 57.4 Å². The first-order valence-corrected chi connectivity index (χ1v) is 8.55. The highest BCUT2D eigenvalue weighted by atomic mass is 16.5. The standard InChI is InChI=1S/C19H28N4O/c1-13(2)10-11-20-18-12-15(5)21-19(23-18)22-16-6-8-17(9-7-16)24-14(3)4/h6-9,12-14H,10-11H2,1-5H3,(H2,20,21,22,23). The van der Waals surface area contributed by atoms with Gasteiger partial charge < -0.3 is 15.4 Å². The molecular formula is C19H28N4O. The maximum atomic E-state index is 5.65. The van der Waals surface area contributed by atoms with Crippen LogP contribution in [0.3, 0.4) is 0 Å². The molecule has 0 saturated carbocycles. The molecule has 0 spiro atoms. The Kier molecular flexibility index (Phi) is 6.41. The second kappa shape index (κ2) is 8.52. The van der Waals surface area contributed by atoms with Crippen molar-refractivity contribution in [3.63, 3.8) is 0 Å². The highest BCUT2D eigenvalue weighted by molar-refractivity contribution is 5.56. The number of hydrogen-bond acceptors (Lipinski definition) is 5. The average molecular weight is 328 g/mol. The number of benzene rings is 1. The van der Waals surface area contributed by atoms with Crippen LogP contribution in [0.5, 0.6) is 5.75 Å². The average Bonchev–Trinajstić information content (AvgIpc) is 2.48. The smallest absolute Gasteiger partial charge is 0.229 e. The minimum atomic E-state index is 0.170. The lowest BCUT2D eigenvalue weighted by Gasteiger charge is -2.12. The summed E-state index contributed by atoms with van der Waals surface area (Å²) >= 11 is 0. The second-order valence-electron chi connectivity index (χ2n) is 6.64. The van der Waals surface area contributed by atoms with Crippen LogP contribution in [0.1, 0.15) is 39.8 Å². The van der Waals surface area contributed by atoms with Gasteiger partial charge in [-0.1, -0.05) is 13.8 Å². The van der Waals surface area contributed by atoms with Crippen LogP contribution in [0, 0.1) is 12.8 Å². The summed E-state index contributed by atoms with van der Waals surface area (Å²) in [6.45, 7) is 11.3. The molecule has 0 radical (unpaired) electrons. The zero-order valence-corrected chi connectivity index (χ0v) is 15.3. The number of aromatic nitrogens is 2. The summed E-state index contributed by atoms with van der Waals surface area (Å²) in [5, 5.41) is 6.61. The molecule has 1 aromatic carbocycles. The first kappa shape index (κ1) is 18.0. The summed E-state index contributed by atoms with van der Waals surface area (Å²) in [4.78, 5) is 8.98. The van der Waals surface area contributed by atoms with Crippen LogP contribution in [0.2, 0.25) is 0 Å². The number of aryl methyl sites for hydroxylation is 1. The van der Waals surface area contributed by atoms with E-state index in [4.69, 9.17) is 4.74 Å². The molecule has 0 amide bonds. The monoisotopic (exact) mass is 328 g/mol. The van der Waals surface area contributed by atoms with Gasteiger partial charge in [0.1, 0.15) is 11.6 Å². The van der Waals surface area contributed by atoms with Crippen molar-refractivity contribution in [3.05, 3.63) is 36.0 Å². The highest BCUT2D eigenvalue weighted by Crippen LogP contribution is 2.20. The molecule has 2 aromatic rings. The zero-order valence-electron chi connectivity index (χ0n) is 15.3. The number of nitrogens with zero attached hydrogens (tertiary/aromatic N) is 2. The Labute approximate surface area is 144 Å². The van der Waals surface area contributed by atoms with E-state index in [9.17, 15) is 0 Å². The van der Waals surface area contributed by atoms with Crippen LogP contribution in [0.15, 0.2) is 30.3 Å². The molecule has 0 aliphatic rings. The van der Waals surface area contributed by atoms with E-state index in [0.717, 1.165) is 35.9 Å². The third kappa shape index (κ3) is 6.07. The molecule has 0 fully saturated rings. The molecule has 5 heteroatoms. The lowest BCUT2D eigenvalue weighted by molar-refractivity contribution is 0.242. The highest BCUT2D eigenvalue weighted by Gasteiger charge is 2.04. The van der Waals surface area contributed by atoms with Crippen molar-refractivity contribution >= 4 is 17.5 Å². The minimum absolute atomic E-state index is 0.170. The van der Waals surface area contributed by atoms with Crippen LogP contribution in [-0.4, -0.2) is 22.6 Å². The fourth-order valence-corrected chi connectivity index (χ4v) is 2.22. The van der Waals surface area contributed by atoms with E-state index >= 15 is 0 Å². The second-order valence-corrected chi connectivity index (χ2v) is 6.64. The van der Waals surface area contributed by atoms with E-state index in [1.54, 1.807) is 0 Å². The minimum Gasteiger partial charge on any atom is -0.491 e. The maximum absolute atomic E-state index is 5.65. The van der Waals surface area contributed by atoms with E-state index < -0.39 is 0 Å². The van der Waals surface area contributed by atoms with Gasteiger partial charge in [0, 0.05) is 24.0 Å². The molecule has 0 atom stereocenters. The quantitative estimate of drug-likeness (QED) is 0.730. The van der Waals surface area contributed by atoms with Crippen LogP contribution >= 0.6 is 0 Å². The number of rotatable bonds is 8. The van der Waals surface area contributed by atoms with Crippen LogP contribution in [0.4, 0.5) is 17.5 Å². The summed E-state index contributed by atoms with van der Waals surface area (Å²) < 4.78 is 5.65. The van der Waals surface area contributed by atoms with Crippen molar-refractivity contribution in [2.45, 2.75) is 47.1 Å². The van der Waals surface area contributed by atoms with E-state index in [2.05, 4.69) is 34.4 Å². The third-order valence-corrected chi connectivity index (χ3v) is 3.36. The van der Waals surface area contributed by atoms with Gasteiger partial charge in [0.05, 0.1) is 6.10 Å². The largest absolute Gasteiger partial charge is 0.491 e. The molecule has 2 rings (SSSR count). The van der Waals surface area contributed by atoms with Crippen molar-refractivity contribution in [1.82, 2.24) is 9.97 Å². The van der Waals surface area contributed by atoms with Gasteiger partial charge in [-0.3, -0.25) is 0 Å². The predicted molar refractivity (Wildman–Crippen MR) is 100 cm³/mol. The molecule has 0 aliphatic carbocycles. The molecule has 0 bridgehead atoms. The van der Waals surface area contributed by atoms with Crippen molar-refractivity contribution in [2.24, 2.45) is 5.92 Å². The summed E-state index contributed by atoms with van der Waals surface area (Å²) in [6, 6.07) is 9.79. The van der Waals surface area contributed by atoms with E-state index in [1.807, 2.05) is 51.1 Å². The SMILES string of the molecule is Cc1cc(NCCC(C)C)nc(Nc2ccc(OC(C)C)cc2)n1. The Hall–Kier alpha value is -2.30. The van der Waals surface area contributed by atoms with E-state index in [0.29, 0.717) is 11.9 Å². The first-order chi connectivity index (χ1) is 11.4. The Morgan fingerprint density at radius 2 is 1.75 bits per heavy atom. The molecule has 0 saturated heterocycles. The van der Waals surface area contributed by atoms with E-state index in [1.165, 1.54) is 0 Å². The normalized spacial score (nSPS) is 11.0. The van der Waals surface area contributed by atoms with Gasteiger partial charge in [-0.15, -0.1) is 0 Å². The molecule has 24 heavy (non-hydrogen) atoms. The van der Waals surface area contributed by atoms with Gasteiger partial charge in [0.25, 0.3) is 0 Å². The number of anilines is 3. The molecule has 5 nitrogen and oxygen atoms in total. The van der Waals surface area contributed by atoms with Gasteiger partial charge in [0.2, 0.25) is 5.95 Å². The lowest BCUT2D eigenvalue weighted by atomic mass is 10.1. The molecule has 1 heterocycles. The molecule has 0 aliphatic heterocycles. The summed E-state index contributed by atoms with van der Waals surface area (Å²) in [7, 11) is 0. The summed E-state index contributed by atoms with van der Waals surface area (Å²) in [6.07, 6.45) is 1.28. The Morgan fingerprint density at radius 1 is 1.04 bits per heavy atom. The molecular weight excluding hydrogens is 300 g/mol. The Balaban J connectivity index is 2.02. The predicted octanol–water partition coefficient (Wildman–Crippen LogP) is 4.77. The number of nitrogens with one attached hydrogen (secondary N) is 2. The van der Waals surface area contributed by atoms with Gasteiger partial charge in [0.15, 0.2) is 0 Å². The molecule has 2 N–H and O–H groups in total. The van der Waals surface area contributed by atoms with Crippen LogP contribution in [0.25, 0.3) is 0 Å². The number of hydrogen-bond donors (Lipinski definition) is 2. The topological polar surface area (TPSA) is 59.1 Å². The van der Waals surface area contributed by atoms with Crippen LogP contribution in [-0.2, 0) is 0 Å². The molecule has 1 aromatic heterocycles. The molecule has 0 unspecified atom stereocenters. The number of ether oxygens (including phenoxy) is 1. The fourth-order valence-electron chi connectivity index (χ4n) is 2.22. The molecule has 130 valence electrons. The Bertz CT molecular complexity index is 638. The van der Waals surface area contributed by atoms with Gasteiger partial charge in [-0.25, -0.2) is 4.98 Å². The van der Waals surface area contributed by atoms with Gasteiger partial charge in [-0.2, -0.15) is 4.98 Å². The van der Waals surface area contributed by atoms with Crippen molar-refractivity contribution < 1.29 is 4.74 Å². The first-order valence-electron chi connectivity index (χ1n) is 8.55. The van der Waals surface area contributed by atoms with Gasteiger partial charge >= 0.3 is 0 Å².